The number of amides is 1. The first-order chi connectivity index (χ1) is 8.18. The van der Waals surface area contributed by atoms with Crippen LogP contribution in [-0.2, 0) is 4.79 Å². The van der Waals surface area contributed by atoms with E-state index in [-0.39, 0.29) is 30.0 Å². The highest BCUT2D eigenvalue weighted by atomic mass is 16.3. The number of carbonyl (C=O) groups excluding carboxylic acids is 1. The van der Waals surface area contributed by atoms with E-state index in [9.17, 15) is 9.90 Å². The highest BCUT2D eigenvalue weighted by Crippen LogP contribution is 2.24. The fraction of sp³-hybridized carbons (Fsp3) is 0.923. The summed E-state index contributed by atoms with van der Waals surface area (Å²) < 4.78 is 0. The molecule has 0 spiro atoms. The van der Waals surface area contributed by atoms with Crippen molar-refractivity contribution >= 4 is 5.91 Å². The van der Waals surface area contributed by atoms with Crippen molar-refractivity contribution in [3.8, 4) is 0 Å². The van der Waals surface area contributed by atoms with Gasteiger partial charge in [0.1, 0.15) is 0 Å². The van der Waals surface area contributed by atoms with Crippen molar-refractivity contribution in [3.63, 3.8) is 0 Å². The molecule has 2 aliphatic rings. The summed E-state index contributed by atoms with van der Waals surface area (Å²) in [6, 6.07) is -0.0464. The Kier molecular flexibility index (Phi) is 4.40. The smallest absolute Gasteiger partial charge is 0.224 e. The van der Waals surface area contributed by atoms with E-state index in [1.54, 1.807) is 0 Å². The van der Waals surface area contributed by atoms with Crippen molar-refractivity contribution in [2.75, 3.05) is 0 Å². The van der Waals surface area contributed by atoms with Crippen LogP contribution in [0.15, 0.2) is 0 Å². The van der Waals surface area contributed by atoms with Crippen LogP contribution >= 0.6 is 0 Å². The molecular weight excluding hydrogens is 216 g/mol. The van der Waals surface area contributed by atoms with Crippen LogP contribution < -0.4 is 11.1 Å². The predicted octanol–water partition coefficient (Wildman–Crippen LogP) is 0.924. The number of nitrogens with one attached hydrogen (secondary N) is 1. The number of hydrogen-bond donors (Lipinski definition) is 3. The summed E-state index contributed by atoms with van der Waals surface area (Å²) in [7, 11) is 0. The second-order valence-corrected chi connectivity index (χ2v) is 5.52. The highest BCUT2D eigenvalue weighted by molar-refractivity contribution is 5.79. The average molecular weight is 240 g/mol. The molecule has 0 heterocycles. The van der Waals surface area contributed by atoms with Gasteiger partial charge < -0.3 is 16.2 Å². The molecule has 4 heteroatoms. The van der Waals surface area contributed by atoms with Crippen molar-refractivity contribution in [1.82, 2.24) is 5.32 Å². The minimum Gasteiger partial charge on any atom is -0.391 e. The van der Waals surface area contributed by atoms with Crippen molar-refractivity contribution in [1.29, 1.82) is 0 Å². The van der Waals surface area contributed by atoms with Crippen LogP contribution in [-0.4, -0.2) is 29.2 Å². The van der Waals surface area contributed by atoms with E-state index in [0.29, 0.717) is 0 Å². The Morgan fingerprint density at radius 3 is 2.41 bits per heavy atom. The zero-order valence-electron chi connectivity index (χ0n) is 10.4. The topological polar surface area (TPSA) is 75.4 Å². The van der Waals surface area contributed by atoms with Gasteiger partial charge in [0, 0.05) is 6.04 Å². The fourth-order valence-electron chi connectivity index (χ4n) is 3.05. The third kappa shape index (κ3) is 3.19. The molecule has 4 atom stereocenters. The number of aliphatic hydroxyl groups excluding tert-OH is 1. The second kappa shape index (κ2) is 5.83. The molecule has 2 saturated carbocycles. The molecule has 0 aromatic rings. The Bertz CT molecular complexity index is 270. The van der Waals surface area contributed by atoms with E-state index >= 15 is 0 Å². The van der Waals surface area contributed by atoms with E-state index in [1.807, 2.05) is 0 Å². The Morgan fingerprint density at radius 2 is 1.71 bits per heavy atom. The molecule has 1 amide bonds. The minimum atomic E-state index is -0.368. The summed E-state index contributed by atoms with van der Waals surface area (Å²) in [6.45, 7) is 0. The molecule has 2 aliphatic carbocycles. The average Bonchev–Trinajstić information content (AvgIpc) is 2.32. The molecule has 0 saturated heterocycles. The van der Waals surface area contributed by atoms with Gasteiger partial charge in [0.2, 0.25) is 5.91 Å². The van der Waals surface area contributed by atoms with Gasteiger partial charge in [-0.15, -0.1) is 0 Å². The van der Waals surface area contributed by atoms with Gasteiger partial charge in [-0.2, -0.15) is 0 Å². The molecule has 4 unspecified atom stereocenters. The molecule has 4 nitrogen and oxygen atoms in total. The van der Waals surface area contributed by atoms with E-state index in [0.717, 1.165) is 51.4 Å². The summed E-state index contributed by atoms with van der Waals surface area (Å²) in [5, 5.41) is 12.8. The summed E-state index contributed by atoms with van der Waals surface area (Å²) >= 11 is 0. The zero-order chi connectivity index (χ0) is 12.3. The highest BCUT2D eigenvalue weighted by Gasteiger charge is 2.31. The first-order valence-electron chi connectivity index (χ1n) is 6.92. The van der Waals surface area contributed by atoms with Gasteiger partial charge in [-0.25, -0.2) is 0 Å². The SMILES string of the molecule is NC1CCCCC1C(=O)NC1CCCCC1O. The molecule has 2 fully saturated rings. The lowest BCUT2D eigenvalue weighted by atomic mass is 9.83. The normalized spacial score (nSPS) is 38.7. The summed E-state index contributed by atoms with van der Waals surface area (Å²) in [5.74, 6) is 0.0148. The lowest BCUT2D eigenvalue weighted by Crippen LogP contribution is -2.51. The number of carbonyl (C=O) groups is 1. The summed E-state index contributed by atoms with van der Waals surface area (Å²) in [5.41, 5.74) is 6.00. The minimum absolute atomic E-state index is 0.00415. The van der Waals surface area contributed by atoms with Crippen LogP contribution in [0.2, 0.25) is 0 Å². The van der Waals surface area contributed by atoms with Crippen molar-refractivity contribution < 1.29 is 9.90 Å². The monoisotopic (exact) mass is 240 g/mol. The van der Waals surface area contributed by atoms with Crippen LogP contribution in [0.25, 0.3) is 0 Å². The quantitative estimate of drug-likeness (QED) is 0.672. The summed E-state index contributed by atoms with van der Waals surface area (Å²) in [4.78, 5) is 12.1. The number of hydrogen-bond acceptors (Lipinski definition) is 3. The van der Waals surface area contributed by atoms with Gasteiger partial charge in [0.25, 0.3) is 0 Å². The lowest BCUT2D eigenvalue weighted by Gasteiger charge is -2.32. The molecular formula is C13H24N2O2. The van der Waals surface area contributed by atoms with Crippen molar-refractivity contribution in [2.45, 2.75) is 69.6 Å². The third-order valence-electron chi connectivity index (χ3n) is 4.21. The van der Waals surface area contributed by atoms with Gasteiger partial charge in [-0.3, -0.25) is 4.79 Å². The van der Waals surface area contributed by atoms with E-state index in [1.165, 1.54) is 0 Å². The van der Waals surface area contributed by atoms with Gasteiger partial charge in [-0.1, -0.05) is 25.7 Å². The van der Waals surface area contributed by atoms with Crippen molar-refractivity contribution in [2.24, 2.45) is 11.7 Å². The van der Waals surface area contributed by atoms with Gasteiger partial charge in [0.15, 0.2) is 0 Å². The first-order valence-corrected chi connectivity index (χ1v) is 6.92. The molecule has 0 aromatic carbocycles. The Hall–Kier alpha value is -0.610. The van der Waals surface area contributed by atoms with Gasteiger partial charge in [-0.05, 0) is 25.7 Å². The lowest BCUT2D eigenvalue weighted by molar-refractivity contribution is -0.128. The molecule has 0 radical (unpaired) electrons. The largest absolute Gasteiger partial charge is 0.391 e. The standard InChI is InChI=1S/C13H24N2O2/c14-10-6-2-1-5-9(10)13(17)15-11-7-3-4-8-12(11)16/h9-12,16H,1-8,14H2,(H,15,17). The Morgan fingerprint density at radius 1 is 1.06 bits per heavy atom. The van der Waals surface area contributed by atoms with Crippen molar-refractivity contribution in [3.05, 3.63) is 0 Å². The molecule has 0 aliphatic heterocycles. The maximum absolute atomic E-state index is 12.1. The van der Waals surface area contributed by atoms with Gasteiger partial charge in [0.05, 0.1) is 18.1 Å². The Balaban J connectivity index is 1.86. The molecule has 4 N–H and O–H groups in total. The summed E-state index contributed by atoms with van der Waals surface area (Å²) in [6.07, 6.45) is 7.58. The van der Waals surface area contributed by atoms with E-state index < -0.39 is 0 Å². The number of aliphatic hydroxyl groups is 1. The molecule has 0 aromatic heterocycles. The maximum Gasteiger partial charge on any atom is 0.224 e. The maximum atomic E-state index is 12.1. The van der Waals surface area contributed by atoms with Crippen LogP contribution in [0.5, 0.6) is 0 Å². The molecule has 17 heavy (non-hydrogen) atoms. The van der Waals surface area contributed by atoms with Crippen LogP contribution in [0.4, 0.5) is 0 Å². The molecule has 2 rings (SSSR count). The Labute approximate surface area is 103 Å². The van der Waals surface area contributed by atoms with Crippen LogP contribution in [0, 0.1) is 5.92 Å². The first kappa shape index (κ1) is 12.8. The molecule has 98 valence electrons. The zero-order valence-corrected chi connectivity index (χ0v) is 10.4. The van der Waals surface area contributed by atoms with Crippen LogP contribution in [0.3, 0.4) is 0 Å². The van der Waals surface area contributed by atoms with Gasteiger partial charge >= 0.3 is 0 Å². The number of rotatable bonds is 2. The van der Waals surface area contributed by atoms with Crippen LogP contribution in [0.1, 0.15) is 51.4 Å². The molecule has 0 bridgehead atoms. The third-order valence-corrected chi connectivity index (χ3v) is 4.21. The van der Waals surface area contributed by atoms with E-state index in [2.05, 4.69) is 5.32 Å². The van der Waals surface area contributed by atoms with E-state index in [4.69, 9.17) is 5.73 Å². The fourth-order valence-corrected chi connectivity index (χ4v) is 3.05. The predicted molar refractivity (Wildman–Crippen MR) is 66.3 cm³/mol. The number of nitrogens with two attached hydrogens (primary N) is 1. The second-order valence-electron chi connectivity index (χ2n) is 5.52.